The van der Waals surface area contributed by atoms with Crippen LogP contribution in [0.15, 0.2) is 29.1 Å². The van der Waals surface area contributed by atoms with Crippen LogP contribution < -0.4 is 10.4 Å². The highest BCUT2D eigenvalue weighted by Crippen LogP contribution is 2.25. The Hall–Kier alpha value is -2.21. The smallest absolute Gasteiger partial charge is 0.274 e. The number of aromatic nitrogens is 3. The molecule has 0 bridgehead atoms. The Balaban J connectivity index is 2.00. The van der Waals surface area contributed by atoms with Gasteiger partial charge in [-0.05, 0) is 17.7 Å². The lowest BCUT2D eigenvalue weighted by Crippen LogP contribution is -2.32. The number of benzene rings is 1. The van der Waals surface area contributed by atoms with Crippen molar-refractivity contribution >= 4 is 10.0 Å². The second-order valence-corrected chi connectivity index (χ2v) is 6.97. The zero-order chi connectivity index (χ0) is 18.8. The van der Waals surface area contributed by atoms with E-state index in [1.54, 1.807) is 0 Å². The molecule has 0 atom stereocenters. The molecule has 1 heterocycles. The maximum absolute atomic E-state index is 12.8. The summed E-state index contributed by atoms with van der Waals surface area (Å²) in [6.07, 6.45) is -4.79. The molecule has 0 aliphatic rings. The van der Waals surface area contributed by atoms with Crippen molar-refractivity contribution < 1.29 is 26.0 Å². The molecule has 1 aromatic carbocycles. The molecule has 0 saturated carbocycles. The molecule has 0 radical (unpaired) electrons. The van der Waals surface area contributed by atoms with Crippen LogP contribution in [0, 0.1) is 5.82 Å². The van der Waals surface area contributed by atoms with Gasteiger partial charge in [0.1, 0.15) is 5.82 Å². The number of alkyl halides is 3. The van der Waals surface area contributed by atoms with Gasteiger partial charge in [0.05, 0.1) is 12.3 Å². The minimum atomic E-state index is -4.79. The van der Waals surface area contributed by atoms with Crippen LogP contribution in [-0.4, -0.2) is 29.3 Å². The Labute approximate surface area is 139 Å². The third kappa shape index (κ3) is 4.89. The van der Waals surface area contributed by atoms with E-state index < -0.39 is 39.3 Å². The zero-order valence-corrected chi connectivity index (χ0v) is 13.7. The Bertz CT molecular complexity index is 901. The first-order valence-electron chi connectivity index (χ1n) is 6.92. The molecular weight excluding hydrogens is 368 g/mol. The van der Waals surface area contributed by atoms with E-state index >= 15 is 0 Å². The molecule has 0 saturated heterocycles. The van der Waals surface area contributed by atoms with Gasteiger partial charge in [0.2, 0.25) is 15.8 Å². The maximum Gasteiger partial charge on any atom is 0.451 e. The van der Waals surface area contributed by atoms with Gasteiger partial charge in [0, 0.05) is 13.6 Å². The van der Waals surface area contributed by atoms with E-state index in [0.29, 0.717) is 14.8 Å². The summed E-state index contributed by atoms with van der Waals surface area (Å²) in [4.78, 5) is 11.7. The van der Waals surface area contributed by atoms with Gasteiger partial charge in [0.15, 0.2) is 0 Å². The van der Waals surface area contributed by atoms with Crippen LogP contribution in [-0.2, 0) is 35.5 Å². The van der Waals surface area contributed by atoms with Crippen molar-refractivity contribution in [1.82, 2.24) is 19.1 Å². The van der Waals surface area contributed by atoms with Crippen molar-refractivity contribution in [3.8, 4) is 0 Å². The van der Waals surface area contributed by atoms with E-state index in [9.17, 15) is 30.8 Å². The fraction of sp³-hybridized carbons (Fsp3) is 0.385. The lowest BCUT2D eigenvalue weighted by atomic mass is 10.2. The van der Waals surface area contributed by atoms with E-state index in [1.807, 2.05) is 0 Å². The summed E-state index contributed by atoms with van der Waals surface area (Å²) in [5.41, 5.74) is -0.673. The summed E-state index contributed by atoms with van der Waals surface area (Å²) in [5, 5.41) is 3.16. The molecule has 2 aromatic rings. The summed E-state index contributed by atoms with van der Waals surface area (Å²) in [6.45, 7) is -0.691. The summed E-state index contributed by atoms with van der Waals surface area (Å²) in [5.74, 6) is -2.31. The minimum Gasteiger partial charge on any atom is -0.274 e. The van der Waals surface area contributed by atoms with Gasteiger partial charge in [-0.3, -0.25) is 4.57 Å². The van der Waals surface area contributed by atoms with Crippen LogP contribution >= 0.6 is 0 Å². The van der Waals surface area contributed by atoms with Crippen molar-refractivity contribution in [2.75, 3.05) is 6.54 Å². The van der Waals surface area contributed by atoms with E-state index in [2.05, 4.69) is 9.82 Å². The summed E-state index contributed by atoms with van der Waals surface area (Å²) >= 11 is 0. The molecule has 0 spiro atoms. The molecule has 0 fully saturated rings. The first-order valence-corrected chi connectivity index (χ1v) is 8.57. The van der Waals surface area contributed by atoms with Gasteiger partial charge in [-0.25, -0.2) is 27.0 Å². The number of hydrogen-bond acceptors (Lipinski definition) is 4. The van der Waals surface area contributed by atoms with Gasteiger partial charge < -0.3 is 0 Å². The fourth-order valence-corrected chi connectivity index (χ4v) is 3.17. The maximum atomic E-state index is 12.8. The van der Waals surface area contributed by atoms with E-state index in [4.69, 9.17) is 0 Å². The summed E-state index contributed by atoms with van der Waals surface area (Å²) in [6, 6.07) is 4.81. The van der Waals surface area contributed by atoms with E-state index in [0.717, 1.165) is 19.2 Å². The van der Waals surface area contributed by atoms with Gasteiger partial charge in [-0.15, -0.1) is 5.10 Å². The summed E-state index contributed by atoms with van der Waals surface area (Å²) in [7, 11) is -2.88. The predicted molar refractivity (Wildman–Crippen MR) is 79.5 cm³/mol. The second-order valence-electron chi connectivity index (χ2n) is 5.17. The zero-order valence-electron chi connectivity index (χ0n) is 12.9. The number of halogens is 4. The molecule has 7 nitrogen and oxygen atoms in total. The number of nitrogens with zero attached hydrogens (tertiary/aromatic N) is 3. The SMILES string of the molecule is Cn1c(C(F)(F)F)nn(CCNS(=O)(=O)Cc2ccc(F)cc2)c1=O. The van der Waals surface area contributed by atoms with Crippen molar-refractivity contribution in [3.63, 3.8) is 0 Å². The Kier molecular flexibility index (Phi) is 5.32. The summed E-state index contributed by atoms with van der Waals surface area (Å²) < 4.78 is 77.5. The highest BCUT2D eigenvalue weighted by Gasteiger charge is 2.37. The fourth-order valence-electron chi connectivity index (χ4n) is 2.04. The van der Waals surface area contributed by atoms with Gasteiger partial charge in [0.25, 0.3) is 0 Å². The number of nitrogens with one attached hydrogen (secondary N) is 1. The van der Waals surface area contributed by atoms with Crippen LogP contribution in [0.4, 0.5) is 17.6 Å². The number of sulfonamides is 1. The third-order valence-corrected chi connectivity index (χ3v) is 4.57. The standard InChI is InChI=1S/C13H14F4N4O3S/c1-20-11(13(15,16)17)19-21(12(20)22)7-6-18-25(23,24)8-9-2-4-10(14)5-3-9/h2-5,18H,6-8H2,1H3. The molecule has 138 valence electrons. The number of hydrogen-bond donors (Lipinski definition) is 1. The average molecular weight is 382 g/mol. The molecule has 25 heavy (non-hydrogen) atoms. The molecular formula is C13H14F4N4O3S. The van der Waals surface area contributed by atoms with Crippen molar-refractivity contribution in [2.24, 2.45) is 7.05 Å². The molecule has 12 heteroatoms. The highest BCUT2D eigenvalue weighted by molar-refractivity contribution is 7.88. The Morgan fingerprint density at radius 3 is 2.32 bits per heavy atom. The van der Waals surface area contributed by atoms with Crippen LogP contribution in [0.25, 0.3) is 0 Å². The first-order chi connectivity index (χ1) is 11.5. The van der Waals surface area contributed by atoms with Crippen LogP contribution in [0.1, 0.15) is 11.4 Å². The Morgan fingerprint density at radius 2 is 1.80 bits per heavy atom. The molecule has 1 aromatic heterocycles. The molecule has 0 aliphatic heterocycles. The molecule has 0 unspecified atom stereocenters. The third-order valence-electron chi connectivity index (χ3n) is 3.21. The number of rotatable bonds is 6. The normalized spacial score (nSPS) is 12.5. The molecule has 0 amide bonds. The van der Waals surface area contributed by atoms with E-state index in [1.165, 1.54) is 12.1 Å². The Morgan fingerprint density at radius 1 is 1.20 bits per heavy atom. The van der Waals surface area contributed by atoms with E-state index in [-0.39, 0.29) is 13.1 Å². The van der Waals surface area contributed by atoms with Crippen LogP contribution in [0.2, 0.25) is 0 Å². The largest absolute Gasteiger partial charge is 0.451 e. The highest BCUT2D eigenvalue weighted by atomic mass is 32.2. The predicted octanol–water partition coefficient (Wildman–Crippen LogP) is 0.859. The quantitative estimate of drug-likeness (QED) is 0.751. The minimum absolute atomic E-state index is 0.322. The van der Waals surface area contributed by atoms with Crippen LogP contribution in [0.5, 0.6) is 0 Å². The van der Waals surface area contributed by atoms with Gasteiger partial charge in [-0.1, -0.05) is 12.1 Å². The van der Waals surface area contributed by atoms with Crippen molar-refractivity contribution in [3.05, 3.63) is 52.0 Å². The van der Waals surface area contributed by atoms with Gasteiger partial charge in [-0.2, -0.15) is 13.2 Å². The van der Waals surface area contributed by atoms with Crippen molar-refractivity contribution in [2.45, 2.75) is 18.5 Å². The average Bonchev–Trinajstić information content (AvgIpc) is 2.77. The lowest BCUT2D eigenvalue weighted by molar-refractivity contribution is -0.147. The first kappa shape index (κ1) is 19.1. The van der Waals surface area contributed by atoms with Gasteiger partial charge >= 0.3 is 11.9 Å². The second kappa shape index (κ2) is 6.96. The molecule has 1 N–H and O–H groups in total. The molecule has 0 aliphatic carbocycles. The monoisotopic (exact) mass is 382 g/mol. The lowest BCUT2D eigenvalue weighted by Gasteiger charge is -2.06. The molecule has 2 rings (SSSR count). The topological polar surface area (TPSA) is 86.0 Å². The van der Waals surface area contributed by atoms with Crippen LogP contribution in [0.3, 0.4) is 0 Å². The van der Waals surface area contributed by atoms with Crippen molar-refractivity contribution in [1.29, 1.82) is 0 Å².